The Bertz CT molecular complexity index is 536. The van der Waals surface area contributed by atoms with Crippen molar-refractivity contribution in [3.05, 3.63) is 4.60 Å². The summed E-state index contributed by atoms with van der Waals surface area (Å²) >= 11 is 3.10. The van der Waals surface area contributed by atoms with Crippen LogP contribution in [-0.4, -0.2) is 67.2 Å². The van der Waals surface area contributed by atoms with E-state index in [0.29, 0.717) is 19.8 Å². The summed E-state index contributed by atoms with van der Waals surface area (Å²) in [6.45, 7) is 5.51. The van der Waals surface area contributed by atoms with Gasteiger partial charge in [-0.1, -0.05) is 5.21 Å². The first-order valence-electron chi connectivity index (χ1n) is 6.28. The van der Waals surface area contributed by atoms with Gasteiger partial charge in [-0.3, -0.25) is 4.90 Å². The Balaban J connectivity index is 2.01. The molecule has 2 heterocycles. The highest BCUT2D eigenvalue weighted by Gasteiger charge is 2.26. The third kappa shape index (κ3) is 3.76. The summed E-state index contributed by atoms with van der Waals surface area (Å²) in [5.41, 5.74) is 0. The lowest BCUT2D eigenvalue weighted by atomic mass is 10.3. The molecule has 1 atom stereocenters. The van der Waals surface area contributed by atoms with E-state index in [1.807, 2.05) is 6.92 Å². The molecule has 1 aromatic rings. The second-order valence-corrected chi connectivity index (χ2v) is 7.12. The van der Waals surface area contributed by atoms with Gasteiger partial charge in [0, 0.05) is 32.7 Å². The fraction of sp³-hybridized carbons (Fsp3) is 0.800. The summed E-state index contributed by atoms with van der Waals surface area (Å²) in [6, 6.07) is -0.208. The average Bonchev–Trinajstić information content (AvgIpc) is 2.70. The molecule has 1 N–H and O–H groups in total. The van der Waals surface area contributed by atoms with Crippen molar-refractivity contribution in [2.45, 2.75) is 18.0 Å². The van der Waals surface area contributed by atoms with Crippen molar-refractivity contribution in [2.75, 3.05) is 32.8 Å². The van der Waals surface area contributed by atoms with Crippen molar-refractivity contribution in [1.82, 2.24) is 24.6 Å². The van der Waals surface area contributed by atoms with Gasteiger partial charge in [0.1, 0.15) is 0 Å². The molecule has 0 aliphatic carbocycles. The van der Waals surface area contributed by atoms with Crippen molar-refractivity contribution >= 4 is 26.0 Å². The molecule has 1 saturated heterocycles. The summed E-state index contributed by atoms with van der Waals surface area (Å²) in [5, 5.41) is 7.40. The molecule has 0 aromatic carbocycles. The van der Waals surface area contributed by atoms with Gasteiger partial charge in [0.15, 0.2) is 4.60 Å². The van der Waals surface area contributed by atoms with Crippen LogP contribution in [-0.2, 0) is 21.8 Å². The average molecular weight is 368 g/mol. The van der Waals surface area contributed by atoms with E-state index < -0.39 is 10.0 Å². The Morgan fingerprint density at radius 2 is 2.10 bits per heavy atom. The number of aryl methyl sites for hydroxylation is 1. The van der Waals surface area contributed by atoms with E-state index in [-0.39, 0.29) is 15.7 Å². The fourth-order valence-corrected chi connectivity index (χ4v) is 4.47. The van der Waals surface area contributed by atoms with Gasteiger partial charge in [-0.25, -0.2) is 17.8 Å². The Kier molecular flexibility index (Phi) is 5.13. The molecule has 1 fully saturated rings. The van der Waals surface area contributed by atoms with Crippen LogP contribution in [0.15, 0.2) is 9.63 Å². The number of nitrogens with zero attached hydrogens (tertiary/aromatic N) is 4. The SMILES string of the molecule is CC(CN1CCOCC1)NS(=O)(=O)c1c(Br)nnn1C. The zero-order valence-corrected chi connectivity index (χ0v) is 13.8. The van der Waals surface area contributed by atoms with E-state index in [9.17, 15) is 8.42 Å². The molecule has 1 aliphatic rings. The van der Waals surface area contributed by atoms with Crippen LogP contribution in [0.5, 0.6) is 0 Å². The number of nitrogens with one attached hydrogen (secondary N) is 1. The molecule has 0 saturated carbocycles. The number of hydrogen-bond acceptors (Lipinski definition) is 6. The van der Waals surface area contributed by atoms with Crippen molar-refractivity contribution in [2.24, 2.45) is 7.05 Å². The largest absolute Gasteiger partial charge is 0.379 e. The maximum atomic E-state index is 12.3. The van der Waals surface area contributed by atoms with E-state index in [2.05, 4.69) is 35.9 Å². The third-order valence-electron chi connectivity index (χ3n) is 2.98. The van der Waals surface area contributed by atoms with Gasteiger partial charge in [0.25, 0.3) is 10.0 Å². The van der Waals surface area contributed by atoms with Gasteiger partial charge in [0.2, 0.25) is 5.03 Å². The second-order valence-electron chi connectivity index (χ2n) is 4.74. The molecule has 0 radical (unpaired) electrons. The second kappa shape index (κ2) is 6.48. The Morgan fingerprint density at radius 3 is 2.65 bits per heavy atom. The molecule has 1 aliphatic heterocycles. The van der Waals surface area contributed by atoms with Gasteiger partial charge in [0.05, 0.1) is 13.2 Å². The van der Waals surface area contributed by atoms with Gasteiger partial charge < -0.3 is 4.74 Å². The molecule has 0 amide bonds. The van der Waals surface area contributed by atoms with Crippen molar-refractivity contribution in [1.29, 1.82) is 0 Å². The van der Waals surface area contributed by atoms with Crippen LogP contribution in [0.25, 0.3) is 0 Å². The van der Waals surface area contributed by atoms with E-state index in [1.165, 1.54) is 4.68 Å². The van der Waals surface area contributed by atoms with Crippen LogP contribution in [0.3, 0.4) is 0 Å². The van der Waals surface area contributed by atoms with Crippen LogP contribution < -0.4 is 4.72 Å². The van der Waals surface area contributed by atoms with Crippen LogP contribution in [0.4, 0.5) is 0 Å². The normalized spacial score (nSPS) is 19.1. The minimum Gasteiger partial charge on any atom is -0.379 e. The van der Waals surface area contributed by atoms with Crippen LogP contribution in [0, 0.1) is 0 Å². The van der Waals surface area contributed by atoms with Gasteiger partial charge in [-0.2, -0.15) is 0 Å². The first-order chi connectivity index (χ1) is 9.40. The number of morpholine rings is 1. The van der Waals surface area contributed by atoms with E-state index in [1.54, 1.807) is 7.05 Å². The van der Waals surface area contributed by atoms with Crippen LogP contribution in [0.1, 0.15) is 6.92 Å². The number of rotatable bonds is 5. The van der Waals surface area contributed by atoms with Gasteiger partial charge >= 0.3 is 0 Å². The third-order valence-corrected chi connectivity index (χ3v) is 5.46. The lowest BCUT2D eigenvalue weighted by molar-refractivity contribution is 0.0354. The van der Waals surface area contributed by atoms with E-state index in [0.717, 1.165) is 13.1 Å². The van der Waals surface area contributed by atoms with Crippen LogP contribution >= 0.6 is 15.9 Å². The summed E-state index contributed by atoms with van der Waals surface area (Å²) < 4.78 is 34.0. The first kappa shape index (κ1) is 15.8. The molecule has 0 bridgehead atoms. The highest BCUT2D eigenvalue weighted by atomic mass is 79.9. The number of aromatic nitrogens is 3. The van der Waals surface area contributed by atoms with E-state index >= 15 is 0 Å². The Hall–Kier alpha value is -0.550. The molecular formula is C10H18BrN5O3S. The zero-order chi connectivity index (χ0) is 14.8. The molecule has 10 heteroatoms. The van der Waals surface area contributed by atoms with Crippen molar-refractivity contribution in [3.63, 3.8) is 0 Å². The highest BCUT2D eigenvalue weighted by Crippen LogP contribution is 2.17. The van der Waals surface area contributed by atoms with Crippen LogP contribution in [0.2, 0.25) is 0 Å². The molecule has 8 nitrogen and oxygen atoms in total. The Morgan fingerprint density at radius 1 is 1.45 bits per heavy atom. The summed E-state index contributed by atoms with van der Waals surface area (Å²) in [6.07, 6.45) is 0. The summed E-state index contributed by atoms with van der Waals surface area (Å²) in [5.74, 6) is 0. The lowest BCUT2D eigenvalue weighted by Gasteiger charge is -2.29. The lowest BCUT2D eigenvalue weighted by Crippen LogP contribution is -2.46. The number of ether oxygens (including phenoxy) is 1. The maximum absolute atomic E-state index is 12.3. The predicted octanol–water partition coefficient (Wildman–Crippen LogP) is -0.423. The summed E-state index contributed by atoms with van der Waals surface area (Å²) in [7, 11) is -2.10. The zero-order valence-electron chi connectivity index (χ0n) is 11.4. The first-order valence-corrected chi connectivity index (χ1v) is 8.55. The summed E-state index contributed by atoms with van der Waals surface area (Å²) in [4.78, 5) is 2.17. The Labute approximate surface area is 126 Å². The topological polar surface area (TPSA) is 89.3 Å². The number of sulfonamides is 1. The van der Waals surface area contributed by atoms with Crippen molar-refractivity contribution in [3.8, 4) is 0 Å². The molecular weight excluding hydrogens is 350 g/mol. The molecule has 114 valence electrons. The number of hydrogen-bond donors (Lipinski definition) is 1. The molecule has 1 aromatic heterocycles. The minimum atomic E-state index is -3.65. The smallest absolute Gasteiger partial charge is 0.260 e. The van der Waals surface area contributed by atoms with Gasteiger partial charge in [-0.15, -0.1) is 5.10 Å². The standard InChI is InChI=1S/C10H18BrN5O3S/c1-8(7-16-3-5-19-6-4-16)13-20(17,18)10-9(11)12-14-15(10)2/h8,13H,3-7H2,1-2H3. The quantitative estimate of drug-likeness (QED) is 0.759. The fourth-order valence-electron chi connectivity index (χ4n) is 2.14. The van der Waals surface area contributed by atoms with Crippen molar-refractivity contribution < 1.29 is 13.2 Å². The molecule has 0 spiro atoms. The van der Waals surface area contributed by atoms with E-state index in [4.69, 9.17) is 4.74 Å². The minimum absolute atomic E-state index is 0.0336. The predicted molar refractivity (Wildman–Crippen MR) is 75.7 cm³/mol. The highest BCUT2D eigenvalue weighted by molar-refractivity contribution is 9.10. The van der Waals surface area contributed by atoms with Gasteiger partial charge in [-0.05, 0) is 22.9 Å². The molecule has 1 unspecified atom stereocenters. The maximum Gasteiger partial charge on any atom is 0.260 e. The number of halogens is 1. The molecule has 20 heavy (non-hydrogen) atoms. The monoisotopic (exact) mass is 367 g/mol. The molecule has 2 rings (SSSR count).